The molecule has 0 radical (unpaired) electrons. The summed E-state index contributed by atoms with van der Waals surface area (Å²) < 4.78 is 5.18. The van der Waals surface area contributed by atoms with Crippen LogP contribution in [0.15, 0.2) is 42.5 Å². The number of amides is 1. The fraction of sp³-hybridized carbons (Fsp3) is 0.133. The van der Waals surface area contributed by atoms with E-state index in [0.717, 1.165) is 11.3 Å². The molecule has 2 aromatic carbocycles. The van der Waals surface area contributed by atoms with Crippen molar-refractivity contribution in [2.45, 2.75) is 6.92 Å². The number of nitrogens with two attached hydrogens (primary N) is 1. The minimum absolute atomic E-state index is 0.238. The van der Waals surface area contributed by atoms with Crippen LogP contribution >= 0.6 is 0 Å². The highest BCUT2D eigenvalue weighted by molar-refractivity contribution is 6.07. The van der Waals surface area contributed by atoms with Gasteiger partial charge in [-0.05, 0) is 30.7 Å². The average molecular weight is 256 g/mol. The number of nitrogens with one attached hydrogen (secondary N) is 1. The summed E-state index contributed by atoms with van der Waals surface area (Å²) in [5.74, 6) is 0.159. The second-order valence-electron chi connectivity index (χ2n) is 4.20. The Bertz CT molecular complexity index is 609. The maximum atomic E-state index is 12.3. The molecule has 0 unspecified atom stereocenters. The number of hydrogen-bond donors (Lipinski definition) is 2. The lowest BCUT2D eigenvalue weighted by Crippen LogP contribution is -2.14. The molecular weight excluding hydrogens is 240 g/mol. The van der Waals surface area contributed by atoms with E-state index in [-0.39, 0.29) is 5.91 Å². The largest absolute Gasteiger partial charge is 0.494 e. The Morgan fingerprint density at radius 1 is 1.16 bits per heavy atom. The average Bonchev–Trinajstić information content (AvgIpc) is 2.41. The van der Waals surface area contributed by atoms with Crippen LogP contribution < -0.4 is 15.8 Å². The van der Waals surface area contributed by atoms with Gasteiger partial charge in [-0.25, -0.2) is 0 Å². The Hall–Kier alpha value is -2.49. The van der Waals surface area contributed by atoms with Crippen molar-refractivity contribution in [3.8, 4) is 5.75 Å². The lowest BCUT2D eigenvalue weighted by atomic mass is 10.1. The third-order valence-corrected chi connectivity index (χ3v) is 2.89. The van der Waals surface area contributed by atoms with Crippen molar-refractivity contribution in [2.24, 2.45) is 0 Å². The number of para-hydroxylation sites is 2. The van der Waals surface area contributed by atoms with Crippen LogP contribution in [0, 0.1) is 6.92 Å². The topological polar surface area (TPSA) is 64.3 Å². The molecule has 0 heterocycles. The van der Waals surface area contributed by atoms with E-state index in [9.17, 15) is 4.79 Å². The van der Waals surface area contributed by atoms with Gasteiger partial charge in [0.25, 0.3) is 5.91 Å². The van der Waals surface area contributed by atoms with Crippen LogP contribution in [-0.2, 0) is 0 Å². The van der Waals surface area contributed by atoms with E-state index in [0.29, 0.717) is 17.0 Å². The number of anilines is 2. The molecule has 2 rings (SSSR count). The summed E-state index contributed by atoms with van der Waals surface area (Å²) in [6.07, 6.45) is 0. The van der Waals surface area contributed by atoms with Gasteiger partial charge in [0.2, 0.25) is 0 Å². The number of nitrogen functional groups attached to an aromatic ring is 1. The smallest absolute Gasteiger partial charge is 0.259 e. The Kier molecular flexibility index (Phi) is 3.71. The summed E-state index contributed by atoms with van der Waals surface area (Å²) in [4.78, 5) is 12.3. The van der Waals surface area contributed by atoms with Crippen LogP contribution in [-0.4, -0.2) is 13.0 Å². The maximum Gasteiger partial charge on any atom is 0.259 e. The van der Waals surface area contributed by atoms with E-state index in [1.54, 1.807) is 18.2 Å². The first kappa shape index (κ1) is 13.0. The van der Waals surface area contributed by atoms with Gasteiger partial charge in [0.05, 0.1) is 18.4 Å². The molecule has 2 aromatic rings. The SMILES string of the molecule is COc1c(N)cccc1C(=O)Nc1ccccc1C. The van der Waals surface area contributed by atoms with Crippen molar-refractivity contribution in [2.75, 3.05) is 18.2 Å². The van der Waals surface area contributed by atoms with Crippen LogP contribution in [0.5, 0.6) is 5.75 Å². The first-order valence-corrected chi connectivity index (χ1v) is 5.93. The van der Waals surface area contributed by atoms with Gasteiger partial charge in [0.1, 0.15) is 0 Å². The summed E-state index contributed by atoms with van der Waals surface area (Å²) in [7, 11) is 1.50. The summed E-state index contributed by atoms with van der Waals surface area (Å²) in [5.41, 5.74) is 8.43. The molecule has 4 heteroatoms. The lowest BCUT2D eigenvalue weighted by molar-refractivity contribution is 0.102. The zero-order valence-electron chi connectivity index (χ0n) is 10.9. The molecule has 0 saturated heterocycles. The van der Waals surface area contributed by atoms with Crippen LogP contribution in [0.3, 0.4) is 0 Å². The highest BCUT2D eigenvalue weighted by atomic mass is 16.5. The normalized spacial score (nSPS) is 10.0. The van der Waals surface area contributed by atoms with E-state index in [2.05, 4.69) is 5.32 Å². The number of carbonyl (C=O) groups excluding carboxylic acids is 1. The van der Waals surface area contributed by atoms with E-state index < -0.39 is 0 Å². The van der Waals surface area contributed by atoms with Crippen molar-refractivity contribution < 1.29 is 9.53 Å². The number of hydrogen-bond acceptors (Lipinski definition) is 3. The molecule has 3 N–H and O–H groups in total. The molecule has 0 bridgehead atoms. The molecule has 0 atom stereocenters. The first-order valence-electron chi connectivity index (χ1n) is 5.93. The third-order valence-electron chi connectivity index (χ3n) is 2.89. The van der Waals surface area contributed by atoms with Crippen LogP contribution in [0.2, 0.25) is 0 Å². The van der Waals surface area contributed by atoms with Gasteiger partial charge < -0.3 is 15.8 Å². The molecule has 4 nitrogen and oxygen atoms in total. The van der Waals surface area contributed by atoms with Crippen LogP contribution in [0.25, 0.3) is 0 Å². The molecule has 0 aliphatic rings. The van der Waals surface area contributed by atoms with Gasteiger partial charge in [-0.3, -0.25) is 4.79 Å². The van der Waals surface area contributed by atoms with Crippen molar-refractivity contribution in [3.63, 3.8) is 0 Å². The number of rotatable bonds is 3. The molecule has 0 aliphatic carbocycles. The predicted octanol–water partition coefficient (Wildman–Crippen LogP) is 2.84. The van der Waals surface area contributed by atoms with E-state index in [1.165, 1.54) is 7.11 Å². The van der Waals surface area contributed by atoms with E-state index >= 15 is 0 Å². The van der Waals surface area contributed by atoms with Gasteiger partial charge in [-0.1, -0.05) is 24.3 Å². The number of aryl methyl sites for hydroxylation is 1. The zero-order chi connectivity index (χ0) is 13.8. The van der Waals surface area contributed by atoms with Gasteiger partial charge in [-0.2, -0.15) is 0 Å². The Morgan fingerprint density at radius 3 is 2.58 bits per heavy atom. The Morgan fingerprint density at radius 2 is 1.89 bits per heavy atom. The number of benzene rings is 2. The number of carbonyl (C=O) groups is 1. The molecule has 1 amide bonds. The highest BCUT2D eigenvalue weighted by Crippen LogP contribution is 2.27. The highest BCUT2D eigenvalue weighted by Gasteiger charge is 2.14. The maximum absolute atomic E-state index is 12.3. The van der Waals surface area contributed by atoms with Crippen molar-refractivity contribution in [3.05, 3.63) is 53.6 Å². The summed E-state index contributed by atoms with van der Waals surface area (Å²) in [6, 6.07) is 12.7. The quantitative estimate of drug-likeness (QED) is 0.830. The summed E-state index contributed by atoms with van der Waals surface area (Å²) in [6.45, 7) is 1.94. The molecule has 98 valence electrons. The monoisotopic (exact) mass is 256 g/mol. The van der Waals surface area contributed by atoms with Gasteiger partial charge in [0, 0.05) is 5.69 Å². The minimum atomic E-state index is -0.238. The summed E-state index contributed by atoms with van der Waals surface area (Å²) >= 11 is 0. The minimum Gasteiger partial charge on any atom is -0.494 e. The second kappa shape index (κ2) is 5.44. The Balaban J connectivity index is 2.31. The molecule has 19 heavy (non-hydrogen) atoms. The molecule has 0 saturated carbocycles. The standard InChI is InChI=1S/C15H16N2O2/c1-10-6-3-4-9-13(10)17-15(18)11-7-5-8-12(16)14(11)19-2/h3-9H,16H2,1-2H3,(H,17,18). The van der Waals surface area contributed by atoms with Crippen LogP contribution in [0.4, 0.5) is 11.4 Å². The van der Waals surface area contributed by atoms with Gasteiger partial charge in [0.15, 0.2) is 5.75 Å². The molecule has 0 aliphatic heterocycles. The molecule has 0 aromatic heterocycles. The van der Waals surface area contributed by atoms with Gasteiger partial charge >= 0.3 is 0 Å². The molecule has 0 spiro atoms. The Labute approximate surface area is 112 Å². The lowest BCUT2D eigenvalue weighted by Gasteiger charge is -2.12. The van der Waals surface area contributed by atoms with Crippen LogP contribution in [0.1, 0.15) is 15.9 Å². The van der Waals surface area contributed by atoms with Crippen molar-refractivity contribution in [1.29, 1.82) is 0 Å². The predicted molar refractivity (Wildman–Crippen MR) is 76.5 cm³/mol. The van der Waals surface area contributed by atoms with E-state index in [4.69, 9.17) is 10.5 Å². The van der Waals surface area contributed by atoms with Crippen molar-refractivity contribution in [1.82, 2.24) is 0 Å². The molecular formula is C15H16N2O2. The second-order valence-corrected chi connectivity index (χ2v) is 4.20. The first-order chi connectivity index (χ1) is 9.13. The fourth-order valence-electron chi connectivity index (χ4n) is 1.86. The van der Waals surface area contributed by atoms with Gasteiger partial charge in [-0.15, -0.1) is 0 Å². The summed E-state index contributed by atoms with van der Waals surface area (Å²) in [5, 5.41) is 2.85. The third kappa shape index (κ3) is 2.68. The number of ether oxygens (including phenoxy) is 1. The molecule has 0 fully saturated rings. The van der Waals surface area contributed by atoms with E-state index in [1.807, 2.05) is 31.2 Å². The van der Waals surface area contributed by atoms with Crippen molar-refractivity contribution >= 4 is 17.3 Å². The zero-order valence-corrected chi connectivity index (χ0v) is 10.9. The fourth-order valence-corrected chi connectivity index (χ4v) is 1.86. The number of methoxy groups -OCH3 is 1.